The maximum atomic E-state index is 5.41. The first-order valence-electron chi connectivity index (χ1n) is 4.74. The van der Waals surface area contributed by atoms with Crippen molar-refractivity contribution in [2.24, 2.45) is 11.8 Å². The van der Waals surface area contributed by atoms with E-state index < -0.39 is 0 Å². The zero-order valence-electron chi connectivity index (χ0n) is 8.47. The van der Waals surface area contributed by atoms with E-state index in [1.54, 1.807) is 0 Å². The number of nitrogens with one attached hydrogen (secondary N) is 1. The van der Waals surface area contributed by atoms with E-state index in [2.05, 4.69) is 26.2 Å². The maximum Gasteiger partial charge on any atom is 0.0301 e. The molecular formula is C9H22N2S. The van der Waals surface area contributed by atoms with Gasteiger partial charge in [-0.1, -0.05) is 27.2 Å². The minimum Gasteiger partial charge on any atom is -0.271 e. The molecule has 0 aromatic heterocycles. The molecule has 0 radical (unpaired) electrons. The number of nitrogens with two attached hydrogens (primary N) is 1. The minimum absolute atomic E-state index is 0.499. The van der Waals surface area contributed by atoms with Crippen molar-refractivity contribution in [3.05, 3.63) is 0 Å². The number of rotatable bonds is 7. The average Bonchev–Trinajstić information content (AvgIpc) is 2.02. The molecular weight excluding hydrogens is 168 g/mol. The molecule has 0 saturated heterocycles. The van der Waals surface area contributed by atoms with Crippen molar-refractivity contribution in [2.45, 2.75) is 39.7 Å². The van der Waals surface area contributed by atoms with Gasteiger partial charge in [0.1, 0.15) is 0 Å². The molecule has 3 N–H and O–H groups in total. The van der Waals surface area contributed by atoms with Gasteiger partial charge in [0.15, 0.2) is 0 Å². The van der Waals surface area contributed by atoms with Crippen molar-refractivity contribution in [3.8, 4) is 0 Å². The van der Waals surface area contributed by atoms with E-state index in [4.69, 9.17) is 5.84 Å². The SMILES string of the molecule is CCCC(CSCC(C)C)NN. The average molecular weight is 190 g/mol. The zero-order chi connectivity index (χ0) is 9.40. The van der Waals surface area contributed by atoms with Crippen LogP contribution in [-0.4, -0.2) is 17.5 Å². The molecule has 2 nitrogen and oxygen atoms in total. The highest BCUT2D eigenvalue weighted by molar-refractivity contribution is 7.99. The van der Waals surface area contributed by atoms with Gasteiger partial charge in [0.05, 0.1) is 0 Å². The van der Waals surface area contributed by atoms with Gasteiger partial charge in [-0.15, -0.1) is 0 Å². The number of hydrogen-bond donors (Lipinski definition) is 2. The van der Waals surface area contributed by atoms with Crippen LogP contribution in [0.4, 0.5) is 0 Å². The first kappa shape index (κ1) is 12.3. The van der Waals surface area contributed by atoms with Crippen LogP contribution in [0, 0.1) is 5.92 Å². The van der Waals surface area contributed by atoms with Gasteiger partial charge in [0, 0.05) is 11.8 Å². The third-order valence-corrected chi connectivity index (χ3v) is 3.18. The lowest BCUT2D eigenvalue weighted by molar-refractivity contribution is 0.532. The second-order valence-corrected chi connectivity index (χ2v) is 4.66. The van der Waals surface area contributed by atoms with Crippen LogP contribution in [0.2, 0.25) is 0 Å². The summed E-state index contributed by atoms with van der Waals surface area (Å²) in [5, 5.41) is 0. The summed E-state index contributed by atoms with van der Waals surface area (Å²) >= 11 is 1.99. The van der Waals surface area contributed by atoms with Crippen LogP contribution in [-0.2, 0) is 0 Å². The lowest BCUT2D eigenvalue weighted by Crippen LogP contribution is -2.36. The molecule has 1 atom stereocenters. The molecule has 0 aromatic rings. The molecule has 0 bridgehead atoms. The first-order chi connectivity index (χ1) is 5.70. The smallest absolute Gasteiger partial charge is 0.0301 e. The van der Waals surface area contributed by atoms with Gasteiger partial charge in [-0.2, -0.15) is 11.8 Å². The molecule has 12 heavy (non-hydrogen) atoms. The summed E-state index contributed by atoms with van der Waals surface area (Å²) in [7, 11) is 0. The Hall–Kier alpha value is 0.270. The maximum absolute atomic E-state index is 5.41. The summed E-state index contributed by atoms with van der Waals surface area (Å²) in [6.45, 7) is 6.69. The topological polar surface area (TPSA) is 38.0 Å². The summed E-state index contributed by atoms with van der Waals surface area (Å²) in [6, 6.07) is 0.499. The van der Waals surface area contributed by atoms with Gasteiger partial charge >= 0.3 is 0 Å². The Kier molecular flexibility index (Phi) is 8.07. The molecule has 0 aliphatic carbocycles. The summed E-state index contributed by atoms with van der Waals surface area (Å²) in [5.74, 6) is 8.58. The molecule has 1 unspecified atom stereocenters. The Bertz CT molecular complexity index is 96.5. The lowest BCUT2D eigenvalue weighted by Gasteiger charge is -2.14. The van der Waals surface area contributed by atoms with Crippen molar-refractivity contribution in [1.29, 1.82) is 0 Å². The van der Waals surface area contributed by atoms with Gasteiger partial charge in [0.25, 0.3) is 0 Å². The molecule has 0 spiro atoms. The summed E-state index contributed by atoms with van der Waals surface area (Å²) in [5.41, 5.74) is 2.86. The van der Waals surface area contributed by atoms with Crippen LogP contribution in [0.25, 0.3) is 0 Å². The zero-order valence-corrected chi connectivity index (χ0v) is 9.29. The molecule has 0 heterocycles. The Morgan fingerprint density at radius 1 is 1.33 bits per heavy atom. The number of thioether (sulfide) groups is 1. The first-order valence-corrected chi connectivity index (χ1v) is 5.90. The fraction of sp³-hybridized carbons (Fsp3) is 1.00. The van der Waals surface area contributed by atoms with E-state index in [-0.39, 0.29) is 0 Å². The van der Waals surface area contributed by atoms with Crippen molar-refractivity contribution in [2.75, 3.05) is 11.5 Å². The lowest BCUT2D eigenvalue weighted by atomic mass is 10.2. The molecule has 0 aromatic carbocycles. The van der Waals surface area contributed by atoms with Crippen LogP contribution < -0.4 is 11.3 Å². The largest absolute Gasteiger partial charge is 0.271 e. The van der Waals surface area contributed by atoms with Crippen LogP contribution in [0.1, 0.15) is 33.6 Å². The van der Waals surface area contributed by atoms with E-state index in [0.717, 1.165) is 11.7 Å². The third-order valence-electron chi connectivity index (χ3n) is 1.64. The molecule has 0 aliphatic heterocycles. The molecule has 0 amide bonds. The Balaban J connectivity index is 3.31. The van der Waals surface area contributed by atoms with Crippen LogP contribution in [0.3, 0.4) is 0 Å². The summed E-state index contributed by atoms with van der Waals surface area (Å²) in [4.78, 5) is 0. The van der Waals surface area contributed by atoms with Crippen LogP contribution >= 0.6 is 11.8 Å². The van der Waals surface area contributed by atoms with E-state index in [0.29, 0.717) is 6.04 Å². The number of hydrazine groups is 1. The van der Waals surface area contributed by atoms with Crippen molar-refractivity contribution < 1.29 is 0 Å². The molecule has 0 rings (SSSR count). The molecule has 0 aliphatic rings. The van der Waals surface area contributed by atoms with E-state index in [9.17, 15) is 0 Å². The third kappa shape index (κ3) is 6.95. The normalized spacial score (nSPS) is 13.8. The highest BCUT2D eigenvalue weighted by atomic mass is 32.2. The molecule has 0 fully saturated rings. The fourth-order valence-corrected chi connectivity index (χ4v) is 2.16. The molecule has 0 saturated carbocycles. The van der Waals surface area contributed by atoms with Gasteiger partial charge in [-0.3, -0.25) is 11.3 Å². The summed E-state index contributed by atoms with van der Waals surface area (Å²) < 4.78 is 0. The quantitative estimate of drug-likeness (QED) is 0.476. The van der Waals surface area contributed by atoms with Gasteiger partial charge < -0.3 is 0 Å². The van der Waals surface area contributed by atoms with E-state index in [1.165, 1.54) is 18.6 Å². The standard InChI is InChI=1S/C9H22N2S/c1-4-5-9(11-10)7-12-6-8(2)3/h8-9,11H,4-7,10H2,1-3H3. The van der Waals surface area contributed by atoms with Gasteiger partial charge in [-0.05, 0) is 18.1 Å². The van der Waals surface area contributed by atoms with Gasteiger partial charge in [-0.25, -0.2) is 0 Å². The van der Waals surface area contributed by atoms with Crippen LogP contribution in [0.5, 0.6) is 0 Å². The Morgan fingerprint density at radius 2 is 2.00 bits per heavy atom. The van der Waals surface area contributed by atoms with Crippen molar-refractivity contribution >= 4 is 11.8 Å². The Morgan fingerprint density at radius 3 is 2.42 bits per heavy atom. The fourth-order valence-electron chi connectivity index (χ4n) is 1.01. The highest BCUT2D eigenvalue weighted by Gasteiger charge is 2.04. The monoisotopic (exact) mass is 190 g/mol. The molecule has 74 valence electrons. The van der Waals surface area contributed by atoms with Crippen LogP contribution in [0.15, 0.2) is 0 Å². The predicted molar refractivity (Wildman–Crippen MR) is 58.2 cm³/mol. The second-order valence-electron chi connectivity index (χ2n) is 3.58. The van der Waals surface area contributed by atoms with E-state index >= 15 is 0 Å². The van der Waals surface area contributed by atoms with Crippen molar-refractivity contribution in [3.63, 3.8) is 0 Å². The Labute approximate surface area is 80.6 Å². The number of hydrogen-bond acceptors (Lipinski definition) is 3. The minimum atomic E-state index is 0.499. The summed E-state index contributed by atoms with van der Waals surface area (Å²) in [6.07, 6.45) is 2.39. The van der Waals surface area contributed by atoms with Gasteiger partial charge in [0.2, 0.25) is 0 Å². The van der Waals surface area contributed by atoms with Crippen molar-refractivity contribution in [1.82, 2.24) is 5.43 Å². The second kappa shape index (κ2) is 7.90. The predicted octanol–water partition coefficient (Wildman–Crippen LogP) is 2.01. The molecule has 3 heteroatoms. The highest BCUT2D eigenvalue weighted by Crippen LogP contribution is 2.10. The van der Waals surface area contributed by atoms with E-state index in [1.807, 2.05) is 11.8 Å².